The highest BCUT2D eigenvalue weighted by Crippen LogP contribution is 2.14. The average molecular weight is 266 g/mol. The number of hydrogen-bond donors (Lipinski definition) is 3. The van der Waals surface area contributed by atoms with Gasteiger partial charge in [-0.2, -0.15) is 15.0 Å². The lowest BCUT2D eigenvalue weighted by molar-refractivity contribution is -0.133. The minimum Gasteiger partial charge on any atom is -0.467 e. The average Bonchev–Trinajstić information content (AvgIpc) is 2.41. The number of rotatable bonds is 4. The van der Waals surface area contributed by atoms with Gasteiger partial charge in [0.2, 0.25) is 23.7 Å². The Morgan fingerprint density at radius 3 is 2.63 bits per heavy atom. The molecule has 102 valence electrons. The summed E-state index contributed by atoms with van der Waals surface area (Å²) in [6.07, 6.45) is 0.679. The van der Waals surface area contributed by atoms with Gasteiger partial charge in [-0.25, -0.2) is 0 Å². The predicted molar refractivity (Wildman–Crippen MR) is 65.7 cm³/mol. The molecule has 0 aliphatic carbocycles. The first-order valence-electron chi connectivity index (χ1n) is 5.70. The third-order valence-corrected chi connectivity index (χ3v) is 2.56. The van der Waals surface area contributed by atoms with Gasteiger partial charge in [0.15, 0.2) is 0 Å². The van der Waals surface area contributed by atoms with Crippen molar-refractivity contribution in [2.75, 3.05) is 24.8 Å². The first-order valence-corrected chi connectivity index (χ1v) is 5.70. The first kappa shape index (κ1) is 13.0. The van der Waals surface area contributed by atoms with Gasteiger partial charge < -0.3 is 15.4 Å². The summed E-state index contributed by atoms with van der Waals surface area (Å²) in [5.74, 6) is -0.124. The molecule has 0 saturated carbocycles. The smallest absolute Gasteiger partial charge is 0.322 e. The van der Waals surface area contributed by atoms with E-state index in [1.54, 1.807) is 7.05 Å². The highest BCUT2D eigenvalue weighted by molar-refractivity contribution is 6.01. The van der Waals surface area contributed by atoms with Crippen LogP contribution in [0.4, 0.5) is 11.9 Å². The molecule has 1 aromatic heterocycles. The minimum absolute atomic E-state index is 0.133. The number of amides is 2. The van der Waals surface area contributed by atoms with Crippen LogP contribution in [0, 0.1) is 0 Å². The number of carbonyl (C=O) groups excluding carboxylic acids is 2. The van der Waals surface area contributed by atoms with Gasteiger partial charge in [-0.15, -0.1) is 0 Å². The number of nitrogens with one attached hydrogen (secondary N) is 3. The zero-order valence-corrected chi connectivity index (χ0v) is 10.6. The zero-order chi connectivity index (χ0) is 13.8. The molecule has 1 fully saturated rings. The lowest BCUT2D eigenvalue weighted by Crippen LogP contribution is -2.47. The minimum atomic E-state index is -0.547. The van der Waals surface area contributed by atoms with E-state index in [0.717, 1.165) is 0 Å². The summed E-state index contributed by atoms with van der Waals surface area (Å²) in [6, 6.07) is -0.413. The molecule has 9 heteroatoms. The van der Waals surface area contributed by atoms with E-state index in [4.69, 9.17) is 4.74 Å². The van der Waals surface area contributed by atoms with Crippen LogP contribution >= 0.6 is 0 Å². The second kappa shape index (κ2) is 5.46. The maximum atomic E-state index is 11.6. The Balaban J connectivity index is 2.14. The van der Waals surface area contributed by atoms with E-state index in [1.165, 1.54) is 7.11 Å². The number of carbonyl (C=O) groups is 2. The van der Waals surface area contributed by atoms with Crippen LogP contribution in [-0.2, 0) is 9.59 Å². The summed E-state index contributed by atoms with van der Waals surface area (Å²) >= 11 is 0. The molecular weight excluding hydrogens is 252 g/mol. The van der Waals surface area contributed by atoms with Gasteiger partial charge in [-0.3, -0.25) is 14.9 Å². The van der Waals surface area contributed by atoms with Crippen molar-refractivity contribution in [1.82, 2.24) is 20.3 Å². The molecule has 9 nitrogen and oxygen atoms in total. The van der Waals surface area contributed by atoms with Gasteiger partial charge in [-0.1, -0.05) is 0 Å². The number of aromatic nitrogens is 3. The van der Waals surface area contributed by atoms with Crippen molar-refractivity contribution in [2.24, 2.45) is 0 Å². The summed E-state index contributed by atoms with van der Waals surface area (Å²) < 4.78 is 4.93. The van der Waals surface area contributed by atoms with Crippen LogP contribution in [0.15, 0.2) is 0 Å². The predicted octanol–water partition coefficient (Wildman–Crippen LogP) is -0.861. The fourth-order valence-corrected chi connectivity index (χ4v) is 1.61. The fraction of sp³-hybridized carbons (Fsp3) is 0.500. The molecule has 1 aliphatic rings. The molecule has 2 heterocycles. The second-order valence-electron chi connectivity index (χ2n) is 3.87. The van der Waals surface area contributed by atoms with Crippen molar-refractivity contribution in [3.8, 4) is 6.01 Å². The molecule has 1 aromatic rings. The molecule has 0 bridgehead atoms. The van der Waals surface area contributed by atoms with Crippen LogP contribution in [-0.4, -0.2) is 47.0 Å². The van der Waals surface area contributed by atoms with Gasteiger partial charge in [0.05, 0.1) is 7.11 Å². The summed E-state index contributed by atoms with van der Waals surface area (Å²) in [5, 5.41) is 7.86. The van der Waals surface area contributed by atoms with Crippen LogP contribution in [0.25, 0.3) is 0 Å². The summed E-state index contributed by atoms with van der Waals surface area (Å²) in [6.45, 7) is 0. The first-order chi connectivity index (χ1) is 9.12. The third-order valence-electron chi connectivity index (χ3n) is 2.56. The fourth-order valence-electron chi connectivity index (χ4n) is 1.61. The summed E-state index contributed by atoms with van der Waals surface area (Å²) in [5.41, 5.74) is 0. The third kappa shape index (κ3) is 3.06. The Bertz CT molecular complexity index is 484. The van der Waals surface area contributed by atoms with Crippen LogP contribution in [0.1, 0.15) is 12.8 Å². The van der Waals surface area contributed by atoms with Crippen LogP contribution in [0.5, 0.6) is 6.01 Å². The molecule has 3 N–H and O–H groups in total. The van der Waals surface area contributed by atoms with E-state index < -0.39 is 6.04 Å². The van der Waals surface area contributed by atoms with E-state index >= 15 is 0 Å². The molecule has 19 heavy (non-hydrogen) atoms. The molecular formula is C10H14N6O3. The molecule has 0 radical (unpaired) electrons. The molecule has 2 rings (SSSR count). The highest BCUT2D eigenvalue weighted by atomic mass is 16.5. The topological polar surface area (TPSA) is 118 Å². The molecule has 1 saturated heterocycles. The van der Waals surface area contributed by atoms with E-state index in [1.807, 2.05) is 0 Å². The Labute approximate surface area is 109 Å². The number of anilines is 2. The Morgan fingerprint density at radius 2 is 2.00 bits per heavy atom. The molecule has 1 atom stereocenters. The van der Waals surface area contributed by atoms with Crippen LogP contribution in [0.3, 0.4) is 0 Å². The molecule has 1 unspecified atom stereocenters. The van der Waals surface area contributed by atoms with Crippen molar-refractivity contribution in [3.63, 3.8) is 0 Å². The number of hydrogen-bond acceptors (Lipinski definition) is 8. The van der Waals surface area contributed by atoms with Crippen LogP contribution in [0.2, 0.25) is 0 Å². The largest absolute Gasteiger partial charge is 0.467 e. The van der Waals surface area contributed by atoms with Crippen molar-refractivity contribution >= 4 is 23.7 Å². The van der Waals surface area contributed by atoms with E-state index in [2.05, 4.69) is 30.9 Å². The standard InChI is InChI=1S/C10H14N6O3/c1-11-8-14-9(16-10(15-8)19-2)12-5-3-4-6(17)13-7(5)18/h5H,3-4H2,1-2H3,(H,13,17,18)(H2,11,12,14,15,16). The highest BCUT2D eigenvalue weighted by Gasteiger charge is 2.27. The summed E-state index contributed by atoms with van der Waals surface area (Å²) in [4.78, 5) is 34.6. The number of imide groups is 1. The Kier molecular flexibility index (Phi) is 3.74. The second-order valence-corrected chi connectivity index (χ2v) is 3.87. The van der Waals surface area contributed by atoms with Gasteiger partial charge in [0, 0.05) is 13.5 Å². The van der Waals surface area contributed by atoms with Crippen molar-refractivity contribution < 1.29 is 14.3 Å². The molecule has 0 aromatic carbocycles. The van der Waals surface area contributed by atoms with E-state index in [9.17, 15) is 9.59 Å². The zero-order valence-electron chi connectivity index (χ0n) is 10.6. The monoisotopic (exact) mass is 266 g/mol. The maximum Gasteiger partial charge on any atom is 0.322 e. The molecule has 2 amide bonds. The normalized spacial score (nSPS) is 18.7. The van der Waals surface area contributed by atoms with Crippen molar-refractivity contribution in [2.45, 2.75) is 18.9 Å². The number of piperidine rings is 1. The Hall–Kier alpha value is -2.45. The number of methoxy groups -OCH3 is 1. The molecule has 1 aliphatic heterocycles. The lowest BCUT2D eigenvalue weighted by Gasteiger charge is -2.21. The SMILES string of the molecule is CNc1nc(NC2CCC(=O)NC2=O)nc(OC)n1. The quantitative estimate of drug-likeness (QED) is 0.602. The van der Waals surface area contributed by atoms with E-state index in [0.29, 0.717) is 12.4 Å². The van der Waals surface area contributed by atoms with Crippen molar-refractivity contribution in [3.05, 3.63) is 0 Å². The van der Waals surface area contributed by atoms with E-state index in [-0.39, 0.29) is 30.2 Å². The molecule has 0 spiro atoms. The lowest BCUT2D eigenvalue weighted by atomic mass is 10.1. The summed E-state index contributed by atoms with van der Waals surface area (Å²) in [7, 11) is 3.09. The van der Waals surface area contributed by atoms with Gasteiger partial charge in [0.25, 0.3) is 0 Å². The number of ether oxygens (including phenoxy) is 1. The van der Waals surface area contributed by atoms with Gasteiger partial charge in [0.1, 0.15) is 6.04 Å². The van der Waals surface area contributed by atoms with Crippen LogP contribution < -0.4 is 20.7 Å². The Morgan fingerprint density at radius 1 is 1.26 bits per heavy atom. The maximum absolute atomic E-state index is 11.6. The number of nitrogens with zero attached hydrogens (tertiary/aromatic N) is 3. The van der Waals surface area contributed by atoms with Gasteiger partial charge in [-0.05, 0) is 6.42 Å². The van der Waals surface area contributed by atoms with Crippen molar-refractivity contribution in [1.29, 1.82) is 0 Å². The van der Waals surface area contributed by atoms with Gasteiger partial charge >= 0.3 is 6.01 Å².